The number of amides is 6. The fraction of sp³-hybridized carbons (Fsp3) is 0.400. The number of piperazine rings is 1. The Kier molecular flexibility index (Phi) is 12.2. The summed E-state index contributed by atoms with van der Waals surface area (Å²) in [5.41, 5.74) is 1.40. The number of hydrogen-bond donors (Lipinski definition) is 2. The summed E-state index contributed by atoms with van der Waals surface area (Å²) in [6.07, 6.45) is 0.995. The summed E-state index contributed by atoms with van der Waals surface area (Å²) in [5, 5.41) is 5.09. The number of methoxy groups -OCH3 is 1. The molecular formula is C45H45F4N13O6. The van der Waals surface area contributed by atoms with Gasteiger partial charge in [0.15, 0.2) is 11.5 Å². The number of anilines is 2. The van der Waals surface area contributed by atoms with E-state index in [0.717, 1.165) is 41.3 Å². The minimum atomic E-state index is -4.61. The SMILES string of the molecule is COc1ncnc(C2CC2)c1-c1ncnc(N(CCNC(=O)N2CCN(c3cc4c(cc3F)C(=O)N(C3CCC(=O)NC3=O)C4=O)CC2)Cc2ccc(-c3nc(C(F)(F)F)cn3C(C)C)cc2)n1. The fourth-order valence-electron chi connectivity index (χ4n) is 8.62. The maximum absolute atomic E-state index is 15.6. The number of imidazole rings is 1. The van der Waals surface area contributed by atoms with Gasteiger partial charge in [-0.2, -0.15) is 18.2 Å². The summed E-state index contributed by atoms with van der Waals surface area (Å²) < 4.78 is 63.7. The Labute approximate surface area is 385 Å². The molecule has 9 rings (SSSR count). The van der Waals surface area contributed by atoms with E-state index >= 15 is 4.39 Å². The molecule has 3 aliphatic heterocycles. The van der Waals surface area contributed by atoms with Gasteiger partial charge in [0.05, 0.1) is 29.6 Å². The first-order valence-electron chi connectivity index (χ1n) is 22.0. The fourth-order valence-corrected chi connectivity index (χ4v) is 8.62. The van der Waals surface area contributed by atoms with Crippen LogP contribution in [0.4, 0.5) is 34.0 Å². The number of piperidine rings is 1. The van der Waals surface area contributed by atoms with Gasteiger partial charge in [0, 0.05) is 76.0 Å². The Hall–Kier alpha value is -7.59. The molecule has 2 N–H and O–H groups in total. The van der Waals surface area contributed by atoms with Crippen molar-refractivity contribution < 1.29 is 46.3 Å². The predicted molar refractivity (Wildman–Crippen MR) is 234 cm³/mol. The van der Waals surface area contributed by atoms with Crippen molar-refractivity contribution in [1.29, 1.82) is 0 Å². The molecule has 354 valence electrons. The van der Waals surface area contributed by atoms with E-state index in [4.69, 9.17) is 9.72 Å². The monoisotopic (exact) mass is 939 g/mol. The number of aromatic nitrogens is 7. The molecule has 3 aromatic heterocycles. The molecule has 6 amide bonds. The topological polar surface area (TPSA) is 214 Å². The molecule has 23 heteroatoms. The lowest BCUT2D eigenvalue weighted by atomic mass is 10.0. The van der Waals surface area contributed by atoms with Crippen molar-refractivity contribution in [3.05, 3.63) is 89.1 Å². The Morgan fingerprint density at radius 3 is 2.29 bits per heavy atom. The van der Waals surface area contributed by atoms with Gasteiger partial charge in [-0.05, 0) is 50.8 Å². The third-order valence-corrected chi connectivity index (χ3v) is 12.3. The number of fused-ring (bicyclic) bond motifs is 1. The molecule has 1 saturated carbocycles. The van der Waals surface area contributed by atoms with Crippen molar-refractivity contribution in [2.75, 3.05) is 56.2 Å². The molecular weight excluding hydrogens is 895 g/mol. The number of benzene rings is 2. The third kappa shape index (κ3) is 8.98. The zero-order chi connectivity index (χ0) is 48.0. The highest BCUT2D eigenvalue weighted by Gasteiger charge is 2.45. The standard InChI is InChI=1S/C45H45F4N13O6/c1-24(2)61-21-33(45(47,48)49)55-38(61)27-6-4-25(5-7-27)20-60(43-54-23-52-37(57-43)35-36(26-8-9-26)51-22-53-40(35)68-3)13-12-50-44(67)59-16-14-58(15-17-59)32-19-29-28(18-30(32)46)41(65)62(42(29)66)31-10-11-34(63)56-39(31)64/h4-7,18-19,21-24,26,31H,8-17,20H2,1-3H3,(H,50,67)(H,56,63,64). The molecule has 2 aromatic carbocycles. The second kappa shape index (κ2) is 18.2. The molecule has 0 spiro atoms. The van der Waals surface area contributed by atoms with Crippen LogP contribution in [0.2, 0.25) is 0 Å². The van der Waals surface area contributed by atoms with Crippen molar-refractivity contribution in [2.45, 2.75) is 70.3 Å². The number of ether oxygens (including phenoxy) is 1. The average Bonchev–Trinajstić information content (AvgIpc) is 4.02. The van der Waals surface area contributed by atoms with Crippen LogP contribution in [-0.4, -0.2) is 126 Å². The quantitative estimate of drug-likeness (QED) is 0.120. The summed E-state index contributed by atoms with van der Waals surface area (Å²) in [7, 11) is 1.50. The van der Waals surface area contributed by atoms with E-state index in [0.29, 0.717) is 22.8 Å². The van der Waals surface area contributed by atoms with E-state index in [9.17, 15) is 37.1 Å². The number of rotatable bonds is 13. The molecule has 5 aromatic rings. The second-order valence-electron chi connectivity index (χ2n) is 17.1. The van der Waals surface area contributed by atoms with Crippen LogP contribution >= 0.6 is 0 Å². The lowest BCUT2D eigenvalue weighted by Gasteiger charge is -2.36. The number of carbonyl (C=O) groups is 5. The van der Waals surface area contributed by atoms with E-state index < -0.39 is 47.4 Å². The van der Waals surface area contributed by atoms with Gasteiger partial charge in [-0.15, -0.1) is 0 Å². The summed E-state index contributed by atoms with van der Waals surface area (Å²) in [6.45, 7) is 4.86. The summed E-state index contributed by atoms with van der Waals surface area (Å²) in [5.74, 6) is -2.36. The number of nitrogens with zero attached hydrogens (tertiary/aromatic N) is 11. The van der Waals surface area contributed by atoms with E-state index in [1.807, 2.05) is 4.90 Å². The molecule has 0 radical (unpaired) electrons. The lowest BCUT2D eigenvalue weighted by Crippen LogP contribution is -2.54. The Morgan fingerprint density at radius 1 is 0.926 bits per heavy atom. The van der Waals surface area contributed by atoms with Crippen LogP contribution in [0, 0.1) is 5.82 Å². The Bertz CT molecular complexity index is 2810. The normalized spacial score (nSPS) is 17.5. The average molecular weight is 940 g/mol. The number of hydrogen-bond acceptors (Lipinski definition) is 14. The van der Waals surface area contributed by atoms with Gasteiger partial charge in [-0.3, -0.25) is 29.4 Å². The van der Waals surface area contributed by atoms with Gasteiger partial charge < -0.3 is 29.3 Å². The van der Waals surface area contributed by atoms with Gasteiger partial charge in [-0.1, -0.05) is 24.3 Å². The van der Waals surface area contributed by atoms with Crippen molar-refractivity contribution in [3.63, 3.8) is 0 Å². The summed E-state index contributed by atoms with van der Waals surface area (Å²) in [4.78, 5) is 96.7. The lowest BCUT2D eigenvalue weighted by molar-refractivity contribution is -0.141. The Balaban J connectivity index is 0.893. The Morgan fingerprint density at radius 2 is 1.63 bits per heavy atom. The number of nitrogens with one attached hydrogen (secondary N) is 2. The molecule has 19 nitrogen and oxygen atoms in total. The van der Waals surface area contributed by atoms with Crippen molar-refractivity contribution in [2.24, 2.45) is 0 Å². The van der Waals surface area contributed by atoms with Crippen LogP contribution in [0.5, 0.6) is 5.88 Å². The number of imide groups is 2. The van der Waals surface area contributed by atoms with Crippen molar-refractivity contribution in [3.8, 4) is 28.7 Å². The van der Waals surface area contributed by atoms with Crippen LogP contribution < -0.4 is 25.2 Å². The second-order valence-corrected chi connectivity index (χ2v) is 17.1. The van der Waals surface area contributed by atoms with Gasteiger partial charge >= 0.3 is 12.2 Å². The van der Waals surface area contributed by atoms with Crippen LogP contribution in [-0.2, 0) is 22.3 Å². The first kappa shape index (κ1) is 45.6. The van der Waals surface area contributed by atoms with E-state index in [1.54, 1.807) is 47.9 Å². The minimum absolute atomic E-state index is 0.0344. The van der Waals surface area contributed by atoms with E-state index in [1.165, 1.54) is 30.4 Å². The van der Waals surface area contributed by atoms with Crippen LogP contribution in [0.1, 0.15) is 89.2 Å². The molecule has 0 bridgehead atoms. The van der Waals surface area contributed by atoms with Crippen LogP contribution in [0.3, 0.4) is 0 Å². The van der Waals surface area contributed by atoms with Crippen molar-refractivity contribution >= 4 is 41.3 Å². The number of carbonyl (C=O) groups excluding carboxylic acids is 5. The van der Waals surface area contributed by atoms with Crippen LogP contribution in [0.15, 0.2) is 55.2 Å². The molecule has 4 aliphatic rings. The van der Waals surface area contributed by atoms with E-state index in [2.05, 4.69) is 35.6 Å². The molecule has 2 saturated heterocycles. The highest BCUT2D eigenvalue weighted by atomic mass is 19.4. The highest BCUT2D eigenvalue weighted by Crippen LogP contribution is 2.45. The first-order valence-corrected chi connectivity index (χ1v) is 22.0. The minimum Gasteiger partial charge on any atom is -0.480 e. The third-order valence-electron chi connectivity index (χ3n) is 12.3. The molecule has 68 heavy (non-hydrogen) atoms. The largest absolute Gasteiger partial charge is 0.480 e. The zero-order valence-electron chi connectivity index (χ0n) is 37.1. The summed E-state index contributed by atoms with van der Waals surface area (Å²) >= 11 is 0. The summed E-state index contributed by atoms with van der Waals surface area (Å²) in [6, 6.07) is 7.36. The predicted octanol–water partition coefficient (Wildman–Crippen LogP) is 4.76. The molecule has 1 atom stereocenters. The number of alkyl halides is 3. The smallest absolute Gasteiger partial charge is 0.434 e. The van der Waals surface area contributed by atoms with Gasteiger partial charge in [0.1, 0.15) is 35.9 Å². The number of halogens is 4. The van der Waals surface area contributed by atoms with Crippen molar-refractivity contribution in [1.82, 2.24) is 54.9 Å². The molecule has 1 unspecified atom stereocenters. The van der Waals surface area contributed by atoms with E-state index in [-0.39, 0.29) is 105 Å². The zero-order valence-corrected chi connectivity index (χ0v) is 37.1. The maximum atomic E-state index is 15.6. The van der Waals surface area contributed by atoms with Crippen LogP contribution in [0.25, 0.3) is 22.8 Å². The first-order chi connectivity index (χ1) is 32.6. The maximum Gasteiger partial charge on any atom is 0.434 e. The molecule has 1 aliphatic carbocycles. The van der Waals surface area contributed by atoms with Gasteiger partial charge in [-0.25, -0.2) is 34.1 Å². The van der Waals surface area contributed by atoms with Gasteiger partial charge in [0.2, 0.25) is 23.6 Å². The molecule has 3 fully saturated rings. The highest BCUT2D eigenvalue weighted by molar-refractivity contribution is 6.23. The molecule has 6 heterocycles. The number of urea groups is 1. The van der Waals surface area contributed by atoms with Gasteiger partial charge in [0.25, 0.3) is 11.8 Å².